The van der Waals surface area contributed by atoms with E-state index in [1.165, 1.54) is 0 Å². The number of benzene rings is 1. The van der Waals surface area contributed by atoms with Gasteiger partial charge in [0.05, 0.1) is 10.5 Å². The van der Waals surface area contributed by atoms with Crippen molar-refractivity contribution in [2.75, 3.05) is 44.4 Å². The number of likely N-dealkylation sites (N-methyl/N-ethyl adjacent to an activating group) is 1. The van der Waals surface area contributed by atoms with Crippen molar-refractivity contribution in [2.24, 2.45) is 4.99 Å². The summed E-state index contributed by atoms with van der Waals surface area (Å²) in [5, 5.41) is 3.39. The van der Waals surface area contributed by atoms with Crippen molar-refractivity contribution in [3.05, 3.63) is 30.3 Å². The molecule has 0 radical (unpaired) electrons. The van der Waals surface area contributed by atoms with Gasteiger partial charge in [-0.2, -0.15) is 0 Å². The molecule has 1 aromatic rings. The van der Waals surface area contributed by atoms with Crippen molar-refractivity contribution in [1.29, 1.82) is 0 Å². The van der Waals surface area contributed by atoms with E-state index in [2.05, 4.69) is 41.3 Å². The van der Waals surface area contributed by atoms with Gasteiger partial charge in [0.2, 0.25) is 0 Å². The van der Waals surface area contributed by atoms with Gasteiger partial charge < -0.3 is 15.1 Å². The van der Waals surface area contributed by atoms with Gasteiger partial charge in [-0.3, -0.25) is 4.99 Å². The summed E-state index contributed by atoms with van der Waals surface area (Å²) in [7, 11) is 0.761. The van der Waals surface area contributed by atoms with Crippen LogP contribution in [0.15, 0.2) is 35.3 Å². The summed E-state index contributed by atoms with van der Waals surface area (Å²) in [6.07, 6.45) is 0. The summed E-state index contributed by atoms with van der Waals surface area (Å²) >= 11 is 0. The van der Waals surface area contributed by atoms with Crippen LogP contribution in [0.4, 0.5) is 5.69 Å². The lowest BCUT2D eigenvalue weighted by molar-refractivity contribution is 0.352. The van der Waals surface area contributed by atoms with Crippen molar-refractivity contribution in [3.63, 3.8) is 0 Å². The molecule has 1 fully saturated rings. The van der Waals surface area contributed by atoms with E-state index in [1.54, 1.807) is 20.9 Å². The smallest absolute Gasteiger partial charge is 0.193 e. The normalized spacial score (nSPS) is 20.0. The lowest BCUT2D eigenvalue weighted by atomic mass is 10.2. The highest BCUT2D eigenvalue weighted by molar-refractivity contribution is 14.0. The highest BCUT2D eigenvalue weighted by atomic mass is 127. The van der Waals surface area contributed by atoms with E-state index in [9.17, 15) is 8.42 Å². The number of anilines is 1. The molecule has 1 unspecified atom stereocenters. The average molecular weight is 494 g/mol. The maximum atomic E-state index is 12.2. The second kappa shape index (κ2) is 9.25. The lowest BCUT2D eigenvalue weighted by Crippen LogP contribution is -2.58. The molecule has 8 heteroatoms. The minimum Gasteiger partial charge on any atom is -0.370 e. The largest absolute Gasteiger partial charge is 0.370 e. The minimum atomic E-state index is -3.05. The van der Waals surface area contributed by atoms with E-state index in [-0.39, 0.29) is 35.8 Å². The predicted octanol–water partition coefficient (Wildman–Crippen LogP) is 2.21. The molecule has 0 saturated carbocycles. The first kappa shape index (κ1) is 23.0. The highest BCUT2D eigenvalue weighted by Crippen LogP contribution is 2.23. The third-order valence-electron chi connectivity index (χ3n) is 4.94. The number of para-hydroxylation sites is 1. The molecular formula is C18H31IN4O2S. The third kappa shape index (κ3) is 5.25. The fourth-order valence-electron chi connectivity index (χ4n) is 2.95. The van der Waals surface area contributed by atoms with E-state index in [0.717, 1.165) is 18.2 Å². The summed E-state index contributed by atoms with van der Waals surface area (Å²) in [5.74, 6) is 0.927. The first-order valence-corrected chi connectivity index (χ1v) is 10.3. The van der Waals surface area contributed by atoms with E-state index < -0.39 is 14.6 Å². The molecule has 148 valence electrons. The Kier molecular flexibility index (Phi) is 8.19. The van der Waals surface area contributed by atoms with Gasteiger partial charge in [-0.15, -0.1) is 24.0 Å². The van der Waals surface area contributed by atoms with Crippen LogP contribution in [0.25, 0.3) is 0 Å². The maximum Gasteiger partial charge on any atom is 0.193 e. The van der Waals surface area contributed by atoms with Crippen LogP contribution in [-0.4, -0.2) is 69.5 Å². The first-order chi connectivity index (χ1) is 11.7. The van der Waals surface area contributed by atoms with Gasteiger partial charge in [0, 0.05) is 45.5 Å². The summed E-state index contributed by atoms with van der Waals surface area (Å²) in [6.45, 7) is 7.38. The molecule has 0 aliphatic carbocycles. The second-order valence-electron chi connectivity index (χ2n) is 7.22. The summed E-state index contributed by atoms with van der Waals surface area (Å²) in [5.41, 5.74) is 1.16. The minimum absolute atomic E-state index is 0. The molecule has 1 heterocycles. The van der Waals surface area contributed by atoms with Gasteiger partial charge in [0.15, 0.2) is 15.8 Å². The Balaban J connectivity index is 0.00000338. The number of nitrogens with zero attached hydrogens (tertiary/aromatic N) is 3. The zero-order valence-corrected chi connectivity index (χ0v) is 19.4. The molecule has 1 aromatic carbocycles. The van der Waals surface area contributed by atoms with Crippen molar-refractivity contribution >= 4 is 45.5 Å². The second-order valence-corrected chi connectivity index (χ2v) is 9.97. The number of rotatable bonds is 4. The SMILES string of the molecule is CN=C(NCC(C)N(C)c1ccccc1)N1CCS(=O)(=O)C(C)(C)C1.I. The van der Waals surface area contributed by atoms with Gasteiger partial charge in [0.1, 0.15) is 0 Å². The Labute approximate surface area is 175 Å². The Morgan fingerprint density at radius 1 is 1.35 bits per heavy atom. The van der Waals surface area contributed by atoms with Gasteiger partial charge in [-0.05, 0) is 32.9 Å². The van der Waals surface area contributed by atoms with Crippen LogP contribution in [0.2, 0.25) is 0 Å². The lowest BCUT2D eigenvalue weighted by Gasteiger charge is -2.39. The topological polar surface area (TPSA) is 65.0 Å². The van der Waals surface area contributed by atoms with Crippen molar-refractivity contribution < 1.29 is 8.42 Å². The van der Waals surface area contributed by atoms with Crippen molar-refractivity contribution in [3.8, 4) is 0 Å². The van der Waals surface area contributed by atoms with Crippen LogP contribution in [0, 0.1) is 0 Å². The molecule has 0 aromatic heterocycles. The van der Waals surface area contributed by atoms with Crippen LogP contribution >= 0.6 is 24.0 Å². The molecule has 1 atom stereocenters. The standard InChI is InChI=1S/C18H30N4O2S.HI/c1-15(21(5)16-9-7-6-8-10-16)13-20-17(19-4)22-11-12-25(23,24)18(2,3)14-22;/h6-10,15H,11-14H2,1-5H3,(H,19,20);1H. The van der Waals surface area contributed by atoms with Gasteiger partial charge in [-0.25, -0.2) is 8.42 Å². The highest BCUT2D eigenvalue weighted by Gasteiger charge is 2.40. The number of hydrogen-bond acceptors (Lipinski definition) is 4. The molecule has 0 bridgehead atoms. The number of guanidine groups is 1. The number of halogens is 1. The summed E-state index contributed by atoms with van der Waals surface area (Å²) < 4.78 is 23.6. The fraction of sp³-hybridized carbons (Fsp3) is 0.611. The summed E-state index contributed by atoms with van der Waals surface area (Å²) in [6, 6.07) is 10.5. The van der Waals surface area contributed by atoms with Crippen LogP contribution in [-0.2, 0) is 9.84 Å². The van der Waals surface area contributed by atoms with E-state index >= 15 is 0 Å². The number of nitrogens with one attached hydrogen (secondary N) is 1. The summed E-state index contributed by atoms with van der Waals surface area (Å²) in [4.78, 5) is 8.60. The molecule has 0 spiro atoms. The number of hydrogen-bond donors (Lipinski definition) is 1. The molecule has 6 nitrogen and oxygen atoms in total. The van der Waals surface area contributed by atoms with Crippen LogP contribution < -0.4 is 10.2 Å². The molecular weight excluding hydrogens is 463 g/mol. The van der Waals surface area contributed by atoms with E-state index in [1.807, 2.05) is 23.1 Å². The van der Waals surface area contributed by atoms with Crippen LogP contribution in [0.3, 0.4) is 0 Å². The van der Waals surface area contributed by atoms with Gasteiger partial charge >= 0.3 is 0 Å². The number of sulfone groups is 1. The predicted molar refractivity (Wildman–Crippen MR) is 121 cm³/mol. The molecule has 1 aliphatic rings. The first-order valence-electron chi connectivity index (χ1n) is 8.64. The van der Waals surface area contributed by atoms with Crippen LogP contribution in [0.5, 0.6) is 0 Å². The fourth-order valence-corrected chi connectivity index (χ4v) is 4.32. The van der Waals surface area contributed by atoms with Gasteiger partial charge in [-0.1, -0.05) is 18.2 Å². The van der Waals surface area contributed by atoms with Crippen molar-refractivity contribution in [1.82, 2.24) is 10.2 Å². The zero-order chi connectivity index (χ0) is 18.7. The Bertz CT molecular complexity index is 707. The molecule has 1 aliphatic heterocycles. The van der Waals surface area contributed by atoms with Crippen LogP contribution in [0.1, 0.15) is 20.8 Å². The zero-order valence-electron chi connectivity index (χ0n) is 16.3. The third-order valence-corrected chi connectivity index (χ3v) is 7.47. The monoisotopic (exact) mass is 494 g/mol. The van der Waals surface area contributed by atoms with Gasteiger partial charge in [0.25, 0.3) is 0 Å². The molecule has 1 saturated heterocycles. The van der Waals surface area contributed by atoms with E-state index in [0.29, 0.717) is 13.1 Å². The molecule has 1 N–H and O–H groups in total. The Morgan fingerprint density at radius 2 is 1.96 bits per heavy atom. The maximum absolute atomic E-state index is 12.2. The molecule has 0 amide bonds. The number of aliphatic imine (C=N–C) groups is 1. The van der Waals surface area contributed by atoms with E-state index in [4.69, 9.17) is 0 Å². The molecule has 26 heavy (non-hydrogen) atoms. The average Bonchev–Trinajstić information content (AvgIpc) is 2.58. The Hall–Kier alpha value is -1.03. The Morgan fingerprint density at radius 3 is 2.50 bits per heavy atom. The quantitative estimate of drug-likeness (QED) is 0.395. The van der Waals surface area contributed by atoms with Crippen molar-refractivity contribution in [2.45, 2.75) is 31.6 Å². The molecule has 2 rings (SSSR count).